The fourth-order valence-corrected chi connectivity index (χ4v) is 1.73. The van der Waals surface area contributed by atoms with Crippen molar-refractivity contribution >= 4 is 5.97 Å². The number of carboxylic acids is 1. The van der Waals surface area contributed by atoms with Crippen LogP contribution in [0.15, 0.2) is 18.3 Å². The van der Waals surface area contributed by atoms with E-state index in [4.69, 9.17) is 5.11 Å². The van der Waals surface area contributed by atoms with Crippen molar-refractivity contribution in [2.75, 3.05) is 0 Å². The molecule has 6 heteroatoms. The van der Waals surface area contributed by atoms with E-state index < -0.39 is 5.97 Å². The Morgan fingerprint density at radius 3 is 2.78 bits per heavy atom. The van der Waals surface area contributed by atoms with Crippen molar-refractivity contribution in [1.29, 1.82) is 0 Å². The van der Waals surface area contributed by atoms with Crippen molar-refractivity contribution in [2.45, 2.75) is 26.7 Å². The van der Waals surface area contributed by atoms with Crippen LogP contribution in [-0.2, 0) is 12.8 Å². The first-order valence-electron chi connectivity index (χ1n) is 5.80. The number of carbonyl (C=O) groups is 1. The highest BCUT2D eigenvalue weighted by molar-refractivity contribution is 5.90. The molecule has 2 rings (SSSR count). The molecule has 0 atom stereocenters. The van der Waals surface area contributed by atoms with Gasteiger partial charge in [-0.3, -0.25) is 0 Å². The zero-order chi connectivity index (χ0) is 13.1. The van der Waals surface area contributed by atoms with Gasteiger partial charge in [0.05, 0.1) is 11.9 Å². The fraction of sp³-hybridized carbons (Fsp3) is 0.333. The van der Waals surface area contributed by atoms with Crippen molar-refractivity contribution in [3.05, 3.63) is 35.3 Å². The molecule has 94 valence electrons. The van der Waals surface area contributed by atoms with Crippen LogP contribution < -0.4 is 0 Å². The monoisotopic (exact) mass is 246 g/mol. The summed E-state index contributed by atoms with van der Waals surface area (Å²) >= 11 is 0. The maximum absolute atomic E-state index is 11.2. The van der Waals surface area contributed by atoms with Crippen LogP contribution in [0.5, 0.6) is 0 Å². The summed E-state index contributed by atoms with van der Waals surface area (Å²) in [4.78, 5) is 11.2. The maximum atomic E-state index is 11.2. The Balaban J connectivity index is 2.61. The van der Waals surface area contributed by atoms with Gasteiger partial charge in [0, 0.05) is 5.69 Å². The second-order valence-electron chi connectivity index (χ2n) is 3.82. The topological polar surface area (TPSA) is 80.9 Å². The Bertz CT molecular complexity index is 577. The average Bonchev–Trinajstić information content (AvgIpc) is 2.81. The third-order valence-corrected chi connectivity index (χ3v) is 2.69. The summed E-state index contributed by atoms with van der Waals surface area (Å²) in [5, 5.41) is 21.1. The lowest BCUT2D eigenvalue weighted by atomic mass is 10.2. The minimum absolute atomic E-state index is 0.102. The first-order valence-corrected chi connectivity index (χ1v) is 5.80. The number of nitrogens with zero attached hydrogens (tertiary/aromatic N) is 4. The third kappa shape index (κ3) is 2.09. The van der Waals surface area contributed by atoms with E-state index in [1.807, 2.05) is 19.9 Å². The number of aromatic nitrogens is 4. The molecule has 0 fully saturated rings. The lowest BCUT2D eigenvalue weighted by molar-refractivity contribution is 0.0696. The number of carboxylic acid groups (broad SMARTS) is 1. The fourth-order valence-electron chi connectivity index (χ4n) is 1.73. The van der Waals surface area contributed by atoms with Crippen molar-refractivity contribution in [1.82, 2.24) is 20.0 Å². The largest absolute Gasteiger partial charge is 0.478 e. The Morgan fingerprint density at radius 2 is 2.17 bits per heavy atom. The summed E-state index contributed by atoms with van der Waals surface area (Å²) in [7, 11) is 0. The highest BCUT2D eigenvalue weighted by atomic mass is 16.4. The van der Waals surface area contributed by atoms with Crippen molar-refractivity contribution < 1.29 is 9.90 Å². The molecule has 0 aliphatic heterocycles. The summed E-state index contributed by atoms with van der Waals surface area (Å²) in [6, 6.07) is 3.39. The molecular formula is C12H14N4O2. The lowest BCUT2D eigenvalue weighted by Crippen LogP contribution is -2.12. The number of aryl methyl sites for hydroxylation is 2. The molecule has 0 saturated heterocycles. The first kappa shape index (κ1) is 12.2. The van der Waals surface area contributed by atoms with Crippen molar-refractivity contribution in [3.8, 4) is 5.82 Å². The van der Waals surface area contributed by atoms with Crippen LogP contribution in [0.1, 0.15) is 35.6 Å². The lowest BCUT2D eigenvalue weighted by Gasteiger charge is -2.06. The van der Waals surface area contributed by atoms with Crippen LogP contribution in [0.2, 0.25) is 0 Å². The number of hydrogen-bond donors (Lipinski definition) is 1. The summed E-state index contributed by atoms with van der Waals surface area (Å²) in [5.74, 6) is -0.767. The molecule has 1 N–H and O–H groups in total. The molecule has 0 amide bonds. The van der Waals surface area contributed by atoms with Crippen LogP contribution in [0.3, 0.4) is 0 Å². The van der Waals surface area contributed by atoms with Gasteiger partial charge in [-0.15, -0.1) is 5.10 Å². The van der Waals surface area contributed by atoms with E-state index in [9.17, 15) is 4.79 Å². The molecule has 0 aliphatic rings. The average molecular weight is 246 g/mol. The summed E-state index contributed by atoms with van der Waals surface area (Å²) in [5.41, 5.74) is 1.94. The molecular weight excluding hydrogens is 232 g/mol. The predicted octanol–water partition coefficient (Wildman–Crippen LogP) is 1.49. The molecule has 2 aromatic heterocycles. The first-order chi connectivity index (χ1) is 8.67. The molecule has 2 aromatic rings. The quantitative estimate of drug-likeness (QED) is 0.883. The molecule has 0 spiro atoms. The highest BCUT2D eigenvalue weighted by Gasteiger charge is 2.17. The van der Waals surface area contributed by atoms with E-state index in [0.29, 0.717) is 0 Å². The van der Waals surface area contributed by atoms with Crippen LogP contribution in [-0.4, -0.2) is 31.1 Å². The van der Waals surface area contributed by atoms with Gasteiger partial charge in [-0.2, -0.15) is 10.2 Å². The molecule has 2 heterocycles. The second kappa shape index (κ2) is 4.95. The molecule has 6 nitrogen and oxygen atoms in total. The van der Waals surface area contributed by atoms with Gasteiger partial charge >= 0.3 is 5.97 Å². The van der Waals surface area contributed by atoms with Gasteiger partial charge < -0.3 is 5.11 Å². The molecule has 0 bridgehead atoms. The summed E-state index contributed by atoms with van der Waals surface area (Å²) in [6.07, 6.45) is 2.91. The summed E-state index contributed by atoms with van der Waals surface area (Å²) < 4.78 is 1.56. The van der Waals surface area contributed by atoms with Gasteiger partial charge in [-0.05, 0) is 25.0 Å². The van der Waals surface area contributed by atoms with Crippen LogP contribution >= 0.6 is 0 Å². The number of hydrogen-bond acceptors (Lipinski definition) is 4. The van der Waals surface area contributed by atoms with Crippen LogP contribution in [0, 0.1) is 0 Å². The van der Waals surface area contributed by atoms with E-state index in [1.165, 1.54) is 12.3 Å². The Hall–Kier alpha value is -2.24. The number of aromatic carboxylic acids is 1. The number of rotatable bonds is 4. The van der Waals surface area contributed by atoms with E-state index in [1.54, 1.807) is 4.68 Å². The zero-order valence-corrected chi connectivity index (χ0v) is 10.3. The molecule has 0 saturated carbocycles. The molecule has 0 aliphatic carbocycles. The van der Waals surface area contributed by atoms with E-state index in [0.717, 1.165) is 24.2 Å². The Labute approximate surface area is 104 Å². The summed E-state index contributed by atoms with van der Waals surface area (Å²) in [6.45, 7) is 3.99. The van der Waals surface area contributed by atoms with E-state index in [-0.39, 0.29) is 11.4 Å². The van der Waals surface area contributed by atoms with Gasteiger partial charge in [-0.25, -0.2) is 9.48 Å². The van der Waals surface area contributed by atoms with Crippen molar-refractivity contribution in [3.63, 3.8) is 0 Å². The van der Waals surface area contributed by atoms with Gasteiger partial charge in [0.15, 0.2) is 5.82 Å². The minimum Gasteiger partial charge on any atom is -0.478 e. The predicted molar refractivity (Wildman–Crippen MR) is 64.9 cm³/mol. The Kier molecular flexibility index (Phi) is 3.36. The smallest absolute Gasteiger partial charge is 0.339 e. The normalized spacial score (nSPS) is 10.6. The van der Waals surface area contributed by atoms with Crippen LogP contribution in [0.4, 0.5) is 0 Å². The Morgan fingerprint density at radius 1 is 1.39 bits per heavy atom. The van der Waals surface area contributed by atoms with E-state index in [2.05, 4.69) is 15.3 Å². The van der Waals surface area contributed by atoms with Gasteiger partial charge in [0.1, 0.15) is 5.56 Å². The van der Waals surface area contributed by atoms with Gasteiger partial charge in [-0.1, -0.05) is 13.8 Å². The van der Waals surface area contributed by atoms with Gasteiger partial charge in [0.2, 0.25) is 0 Å². The zero-order valence-electron chi connectivity index (χ0n) is 10.3. The molecule has 18 heavy (non-hydrogen) atoms. The van der Waals surface area contributed by atoms with Crippen LogP contribution in [0.25, 0.3) is 5.82 Å². The highest BCUT2D eigenvalue weighted by Crippen LogP contribution is 2.15. The minimum atomic E-state index is -1.03. The standard InChI is InChI=1S/C12H14N4O2/c1-3-8-7-9(4-2)16(15-8)11-10(12(17)18)5-6-13-14-11/h5-7H,3-4H2,1-2H3,(H,17,18). The van der Waals surface area contributed by atoms with E-state index >= 15 is 0 Å². The maximum Gasteiger partial charge on any atom is 0.339 e. The second-order valence-corrected chi connectivity index (χ2v) is 3.82. The molecule has 0 radical (unpaired) electrons. The third-order valence-electron chi connectivity index (χ3n) is 2.69. The molecule has 0 aromatic carbocycles. The van der Waals surface area contributed by atoms with Gasteiger partial charge in [0.25, 0.3) is 0 Å². The molecule has 0 unspecified atom stereocenters. The SMILES string of the molecule is CCc1cc(CC)n(-c2nnccc2C(=O)O)n1. The van der Waals surface area contributed by atoms with Crippen molar-refractivity contribution in [2.24, 2.45) is 0 Å².